The summed E-state index contributed by atoms with van der Waals surface area (Å²) in [4.78, 5) is 4.51. The zero-order chi connectivity index (χ0) is 10.3. The molecule has 1 aliphatic heterocycles. The van der Waals surface area contributed by atoms with E-state index in [2.05, 4.69) is 30.3 Å². The van der Waals surface area contributed by atoms with E-state index in [0.717, 1.165) is 19.4 Å². The van der Waals surface area contributed by atoms with E-state index < -0.39 is 0 Å². The van der Waals surface area contributed by atoms with Gasteiger partial charge in [0, 0.05) is 23.7 Å². The molecule has 1 aromatic heterocycles. The van der Waals surface area contributed by atoms with Crippen molar-refractivity contribution in [1.82, 2.24) is 9.55 Å². The summed E-state index contributed by atoms with van der Waals surface area (Å²) in [6.07, 6.45) is 4.11. The Kier molecular flexibility index (Phi) is 2.14. The van der Waals surface area contributed by atoms with Crippen LogP contribution in [0.25, 0.3) is 0 Å². The van der Waals surface area contributed by atoms with E-state index in [4.69, 9.17) is 5.73 Å². The number of nitrogens with two attached hydrogens (primary N) is 1. The average molecular weight is 193 g/mol. The topological polar surface area (TPSA) is 43.8 Å². The Morgan fingerprint density at radius 3 is 2.86 bits per heavy atom. The molecular formula is C11H19N3. The van der Waals surface area contributed by atoms with Gasteiger partial charge in [0.25, 0.3) is 0 Å². The highest BCUT2D eigenvalue weighted by Gasteiger charge is 2.25. The first kappa shape index (κ1) is 9.71. The molecule has 1 aliphatic rings. The summed E-state index contributed by atoms with van der Waals surface area (Å²) in [5.41, 5.74) is 8.70. The zero-order valence-electron chi connectivity index (χ0n) is 9.25. The number of aromatic nitrogens is 2. The van der Waals surface area contributed by atoms with Crippen LogP contribution in [-0.2, 0) is 18.4 Å². The first-order valence-corrected chi connectivity index (χ1v) is 5.28. The molecule has 0 radical (unpaired) electrons. The first-order chi connectivity index (χ1) is 6.48. The molecule has 78 valence electrons. The molecule has 2 rings (SSSR count). The maximum atomic E-state index is 5.92. The van der Waals surface area contributed by atoms with Crippen LogP contribution in [0.1, 0.15) is 38.6 Å². The zero-order valence-corrected chi connectivity index (χ0v) is 9.25. The SMILES string of the molecule is CC(C)(C)c1ncn2c1CCC(N)C2. The minimum Gasteiger partial charge on any atom is -0.333 e. The summed E-state index contributed by atoms with van der Waals surface area (Å²) in [6, 6.07) is 0.310. The normalized spacial score (nSPS) is 22.1. The van der Waals surface area contributed by atoms with Crippen molar-refractivity contribution in [3.8, 4) is 0 Å². The molecule has 0 bridgehead atoms. The molecule has 0 saturated heterocycles. The van der Waals surface area contributed by atoms with Crippen molar-refractivity contribution in [2.45, 2.75) is 51.6 Å². The summed E-state index contributed by atoms with van der Waals surface area (Å²) in [6.45, 7) is 7.57. The number of fused-ring (bicyclic) bond motifs is 1. The van der Waals surface area contributed by atoms with Crippen molar-refractivity contribution in [2.24, 2.45) is 5.73 Å². The molecule has 2 N–H and O–H groups in total. The van der Waals surface area contributed by atoms with Crippen LogP contribution in [0.2, 0.25) is 0 Å². The van der Waals surface area contributed by atoms with E-state index in [9.17, 15) is 0 Å². The lowest BCUT2D eigenvalue weighted by Crippen LogP contribution is -2.32. The second-order valence-corrected chi connectivity index (χ2v) is 5.24. The molecule has 1 atom stereocenters. The van der Waals surface area contributed by atoms with Gasteiger partial charge in [-0.1, -0.05) is 20.8 Å². The highest BCUT2D eigenvalue weighted by molar-refractivity contribution is 5.22. The first-order valence-electron chi connectivity index (χ1n) is 5.28. The monoisotopic (exact) mass is 193 g/mol. The Morgan fingerprint density at radius 1 is 1.50 bits per heavy atom. The van der Waals surface area contributed by atoms with Gasteiger partial charge < -0.3 is 10.3 Å². The van der Waals surface area contributed by atoms with Crippen LogP contribution >= 0.6 is 0 Å². The quantitative estimate of drug-likeness (QED) is 0.678. The Bertz CT molecular complexity index is 333. The Hall–Kier alpha value is -0.830. The maximum absolute atomic E-state index is 5.92. The van der Waals surface area contributed by atoms with E-state index in [1.54, 1.807) is 0 Å². The third-order valence-corrected chi connectivity index (χ3v) is 2.84. The fourth-order valence-corrected chi connectivity index (χ4v) is 2.12. The highest BCUT2D eigenvalue weighted by atomic mass is 15.1. The molecule has 0 saturated carbocycles. The van der Waals surface area contributed by atoms with E-state index >= 15 is 0 Å². The van der Waals surface area contributed by atoms with Crippen LogP contribution in [0.15, 0.2) is 6.33 Å². The van der Waals surface area contributed by atoms with Gasteiger partial charge in [-0.15, -0.1) is 0 Å². The van der Waals surface area contributed by atoms with E-state index in [1.807, 2.05) is 6.33 Å². The van der Waals surface area contributed by atoms with Crippen molar-refractivity contribution in [1.29, 1.82) is 0 Å². The Balaban J connectivity index is 2.38. The molecule has 0 aliphatic carbocycles. The Morgan fingerprint density at radius 2 is 2.21 bits per heavy atom. The molecule has 1 unspecified atom stereocenters. The van der Waals surface area contributed by atoms with Gasteiger partial charge in [-0.3, -0.25) is 0 Å². The Labute approximate surface area is 85.3 Å². The number of hydrogen-bond acceptors (Lipinski definition) is 2. The van der Waals surface area contributed by atoms with Crippen LogP contribution in [0.4, 0.5) is 0 Å². The van der Waals surface area contributed by atoms with E-state index in [0.29, 0.717) is 6.04 Å². The van der Waals surface area contributed by atoms with E-state index in [-0.39, 0.29) is 5.41 Å². The number of rotatable bonds is 0. The molecule has 2 heterocycles. The minimum atomic E-state index is 0.155. The second kappa shape index (κ2) is 3.09. The highest BCUT2D eigenvalue weighted by Crippen LogP contribution is 2.27. The summed E-state index contributed by atoms with van der Waals surface area (Å²) in [5, 5.41) is 0. The predicted molar refractivity (Wildman–Crippen MR) is 57.2 cm³/mol. The molecule has 0 amide bonds. The third-order valence-electron chi connectivity index (χ3n) is 2.84. The van der Waals surface area contributed by atoms with Crippen LogP contribution in [0.3, 0.4) is 0 Å². The molecule has 0 aromatic carbocycles. The van der Waals surface area contributed by atoms with Gasteiger partial charge in [0.05, 0.1) is 12.0 Å². The molecule has 1 aromatic rings. The lowest BCUT2D eigenvalue weighted by molar-refractivity contribution is 0.450. The van der Waals surface area contributed by atoms with Gasteiger partial charge in [0.2, 0.25) is 0 Å². The van der Waals surface area contributed by atoms with Crippen LogP contribution in [-0.4, -0.2) is 15.6 Å². The van der Waals surface area contributed by atoms with Gasteiger partial charge in [-0.05, 0) is 12.8 Å². The van der Waals surface area contributed by atoms with Crippen LogP contribution < -0.4 is 5.73 Å². The number of nitrogens with zero attached hydrogens (tertiary/aromatic N) is 2. The van der Waals surface area contributed by atoms with E-state index in [1.165, 1.54) is 11.4 Å². The molecule has 3 nitrogen and oxygen atoms in total. The minimum absolute atomic E-state index is 0.155. The van der Waals surface area contributed by atoms with Crippen molar-refractivity contribution in [3.05, 3.63) is 17.7 Å². The number of hydrogen-bond donors (Lipinski definition) is 1. The van der Waals surface area contributed by atoms with Crippen molar-refractivity contribution in [2.75, 3.05) is 0 Å². The van der Waals surface area contributed by atoms with Gasteiger partial charge in [-0.25, -0.2) is 4.98 Å². The van der Waals surface area contributed by atoms with Gasteiger partial charge in [0.15, 0.2) is 0 Å². The second-order valence-electron chi connectivity index (χ2n) is 5.24. The van der Waals surface area contributed by atoms with Gasteiger partial charge in [0.1, 0.15) is 0 Å². The maximum Gasteiger partial charge on any atom is 0.0952 e. The molecule has 3 heteroatoms. The standard InChI is InChI=1S/C11H19N3/c1-11(2,3)10-9-5-4-8(12)6-14(9)7-13-10/h7-8H,4-6,12H2,1-3H3. The number of imidazole rings is 1. The van der Waals surface area contributed by atoms with Gasteiger partial charge in [-0.2, -0.15) is 0 Å². The molecule has 0 spiro atoms. The van der Waals surface area contributed by atoms with Gasteiger partial charge >= 0.3 is 0 Å². The fraction of sp³-hybridized carbons (Fsp3) is 0.727. The fourth-order valence-electron chi connectivity index (χ4n) is 2.12. The molecule has 14 heavy (non-hydrogen) atoms. The lowest BCUT2D eigenvalue weighted by atomic mass is 9.88. The third kappa shape index (κ3) is 1.57. The van der Waals surface area contributed by atoms with Crippen molar-refractivity contribution < 1.29 is 0 Å². The molecular weight excluding hydrogens is 174 g/mol. The van der Waals surface area contributed by atoms with Crippen LogP contribution in [0.5, 0.6) is 0 Å². The average Bonchev–Trinajstić information content (AvgIpc) is 2.45. The van der Waals surface area contributed by atoms with Crippen LogP contribution in [0, 0.1) is 0 Å². The summed E-state index contributed by atoms with van der Waals surface area (Å²) in [7, 11) is 0. The predicted octanol–water partition coefficient (Wildman–Crippen LogP) is 1.45. The molecule has 0 fully saturated rings. The summed E-state index contributed by atoms with van der Waals surface area (Å²) >= 11 is 0. The largest absolute Gasteiger partial charge is 0.333 e. The lowest BCUT2D eigenvalue weighted by Gasteiger charge is -2.24. The summed E-state index contributed by atoms with van der Waals surface area (Å²) < 4.78 is 2.22. The van der Waals surface area contributed by atoms with Crippen molar-refractivity contribution in [3.63, 3.8) is 0 Å². The summed E-state index contributed by atoms with van der Waals surface area (Å²) in [5.74, 6) is 0. The van der Waals surface area contributed by atoms with Crippen molar-refractivity contribution >= 4 is 0 Å². The smallest absolute Gasteiger partial charge is 0.0952 e.